The lowest BCUT2D eigenvalue weighted by Gasteiger charge is -2.24. The van der Waals surface area contributed by atoms with Crippen LogP contribution in [0, 0.1) is 0 Å². The summed E-state index contributed by atoms with van der Waals surface area (Å²) in [4.78, 5) is 12.4. The van der Waals surface area contributed by atoms with Gasteiger partial charge in [0.15, 0.2) is 0 Å². The number of amides is 1. The minimum atomic E-state index is -0.0413. The molecule has 1 aliphatic carbocycles. The molecule has 0 atom stereocenters. The van der Waals surface area contributed by atoms with Crippen molar-refractivity contribution in [3.63, 3.8) is 0 Å². The van der Waals surface area contributed by atoms with E-state index in [1.165, 1.54) is 0 Å². The van der Waals surface area contributed by atoms with Crippen molar-refractivity contribution in [3.8, 4) is 5.75 Å². The first-order chi connectivity index (χ1) is 9.68. The first-order valence-electron chi connectivity index (χ1n) is 7.81. The zero-order chi connectivity index (χ0) is 15.4. The molecular formula is C18H25NO2. The van der Waals surface area contributed by atoms with Crippen LogP contribution in [0.5, 0.6) is 5.75 Å². The number of carbonyl (C=O) groups excluding carboxylic acids is 1. The molecule has 1 saturated carbocycles. The molecule has 1 N–H and O–H groups in total. The lowest BCUT2D eigenvalue weighted by molar-refractivity contribution is 0.0951. The second-order valence-corrected chi connectivity index (χ2v) is 8.07. The largest absolute Gasteiger partial charge is 0.492 e. The van der Waals surface area contributed by atoms with Gasteiger partial charge in [-0.2, -0.15) is 0 Å². The fraction of sp³-hybridized carbons (Fsp3) is 0.611. The summed E-state index contributed by atoms with van der Waals surface area (Å²) in [6, 6.07) is 4.42. The van der Waals surface area contributed by atoms with E-state index in [0.717, 1.165) is 35.3 Å². The van der Waals surface area contributed by atoms with E-state index in [0.29, 0.717) is 12.6 Å². The average Bonchev–Trinajstić information content (AvgIpc) is 3.12. The van der Waals surface area contributed by atoms with Crippen molar-refractivity contribution in [2.24, 2.45) is 0 Å². The van der Waals surface area contributed by atoms with E-state index in [9.17, 15) is 4.79 Å². The SMILES string of the molecule is CC(C)(C)c1cc(C(=O)NC2CC2)cc2c1OCC2(C)C. The molecule has 1 heterocycles. The molecule has 3 nitrogen and oxygen atoms in total. The quantitative estimate of drug-likeness (QED) is 0.903. The van der Waals surface area contributed by atoms with Crippen LogP contribution in [-0.4, -0.2) is 18.6 Å². The van der Waals surface area contributed by atoms with Crippen molar-refractivity contribution in [1.29, 1.82) is 0 Å². The van der Waals surface area contributed by atoms with Gasteiger partial charge in [-0.15, -0.1) is 0 Å². The van der Waals surface area contributed by atoms with E-state index in [1.807, 2.05) is 12.1 Å². The predicted molar refractivity (Wildman–Crippen MR) is 84.2 cm³/mol. The third kappa shape index (κ3) is 2.66. The van der Waals surface area contributed by atoms with Crippen molar-refractivity contribution < 1.29 is 9.53 Å². The Labute approximate surface area is 127 Å². The summed E-state index contributed by atoms with van der Waals surface area (Å²) >= 11 is 0. The zero-order valence-corrected chi connectivity index (χ0v) is 13.7. The molecule has 0 bridgehead atoms. The third-order valence-corrected chi connectivity index (χ3v) is 4.38. The first-order valence-corrected chi connectivity index (χ1v) is 7.81. The Hall–Kier alpha value is -1.51. The fourth-order valence-corrected chi connectivity index (χ4v) is 2.80. The number of hydrogen-bond donors (Lipinski definition) is 1. The first kappa shape index (κ1) is 14.4. The minimum Gasteiger partial charge on any atom is -0.492 e. The van der Waals surface area contributed by atoms with Crippen LogP contribution in [0.1, 0.15) is 68.9 Å². The van der Waals surface area contributed by atoms with Gasteiger partial charge in [-0.05, 0) is 30.4 Å². The Bertz CT molecular complexity index is 592. The van der Waals surface area contributed by atoms with Gasteiger partial charge in [0.05, 0.1) is 6.61 Å². The maximum atomic E-state index is 12.4. The summed E-state index contributed by atoms with van der Waals surface area (Å²) in [6.07, 6.45) is 2.22. The summed E-state index contributed by atoms with van der Waals surface area (Å²) in [7, 11) is 0. The van der Waals surface area contributed by atoms with Gasteiger partial charge in [0, 0.05) is 28.1 Å². The Morgan fingerprint density at radius 2 is 1.95 bits per heavy atom. The van der Waals surface area contributed by atoms with Crippen molar-refractivity contribution in [2.45, 2.75) is 64.3 Å². The van der Waals surface area contributed by atoms with Gasteiger partial charge < -0.3 is 10.1 Å². The monoisotopic (exact) mass is 287 g/mol. The molecule has 1 aromatic rings. The third-order valence-electron chi connectivity index (χ3n) is 4.38. The number of nitrogens with one attached hydrogen (secondary N) is 1. The van der Waals surface area contributed by atoms with E-state index < -0.39 is 0 Å². The fourth-order valence-electron chi connectivity index (χ4n) is 2.80. The Morgan fingerprint density at radius 1 is 1.29 bits per heavy atom. The molecule has 3 heteroatoms. The molecule has 3 rings (SSSR count). The van der Waals surface area contributed by atoms with Crippen molar-refractivity contribution in [3.05, 3.63) is 28.8 Å². The summed E-state index contributed by atoms with van der Waals surface area (Å²) in [5.41, 5.74) is 2.98. The second-order valence-electron chi connectivity index (χ2n) is 8.07. The molecule has 21 heavy (non-hydrogen) atoms. The molecule has 0 unspecified atom stereocenters. The molecule has 1 aromatic carbocycles. The normalized spacial score (nSPS) is 19.9. The van der Waals surface area contributed by atoms with Gasteiger partial charge in [0.2, 0.25) is 0 Å². The van der Waals surface area contributed by atoms with Crippen molar-refractivity contribution in [2.75, 3.05) is 6.61 Å². The van der Waals surface area contributed by atoms with Crippen LogP contribution in [0.15, 0.2) is 12.1 Å². The average molecular weight is 287 g/mol. The smallest absolute Gasteiger partial charge is 0.251 e. The number of carbonyl (C=O) groups is 1. The Balaban J connectivity index is 2.08. The standard InChI is InChI=1S/C18H25NO2/c1-17(2,3)13-8-11(16(20)19-12-6-7-12)9-14-15(13)21-10-18(14,4)5/h8-9,12H,6-7,10H2,1-5H3,(H,19,20). The van der Waals surface area contributed by atoms with Crippen molar-refractivity contribution >= 4 is 5.91 Å². The maximum absolute atomic E-state index is 12.4. The summed E-state index contributed by atoms with van der Waals surface area (Å²) in [6.45, 7) is 11.5. The van der Waals surface area contributed by atoms with Crippen LogP contribution in [-0.2, 0) is 10.8 Å². The number of fused-ring (bicyclic) bond motifs is 1. The molecule has 2 aliphatic rings. The predicted octanol–water partition coefficient (Wildman–Crippen LogP) is 3.55. The van der Waals surface area contributed by atoms with E-state index in [4.69, 9.17) is 4.74 Å². The molecule has 1 aliphatic heterocycles. The highest BCUT2D eigenvalue weighted by molar-refractivity contribution is 5.95. The van der Waals surface area contributed by atoms with Gasteiger partial charge >= 0.3 is 0 Å². The van der Waals surface area contributed by atoms with Crippen LogP contribution >= 0.6 is 0 Å². The Kier molecular flexibility index (Phi) is 3.09. The molecule has 1 amide bonds. The summed E-state index contributed by atoms with van der Waals surface area (Å²) < 4.78 is 5.97. The topological polar surface area (TPSA) is 38.3 Å². The number of benzene rings is 1. The molecule has 0 saturated heterocycles. The molecule has 114 valence electrons. The van der Waals surface area contributed by atoms with Crippen LogP contribution in [0.25, 0.3) is 0 Å². The summed E-state index contributed by atoms with van der Waals surface area (Å²) in [5.74, 6) is 1.03. The van der Waals surface area contributed by atoms with Crippen LogP contribution < -0.4 is 10.1 Å². The van der Waals surface area contributed by atoms with Gasteiger partial charge in [0.25, 0.3) is 5.91 Å². The van der Waals surface area contributed by atoms with Crippen LogP contribution in [0.2, 0.25) is 0 Å². The van der Waals surface area contributed by atoms with Crippen LogP contribution in [0.4, 0.5) is 0 Å². The highest BCUT2D eigenvalue weighted by Gasteiger charge is 2.37. The number of hydrogen-bond acceptors (Lipinski definition) is 2. The van der Waals surface area contributed by atoms with Crippen molar-refractivity contribution in [1.82, 2.24) is 5.32 Å². The van der Waals surface area contributed by atoms with Gasteiger partial charge in [-0.25, -0.2) is 0 Å². The van der Waals surface area contributed by atoms with E-state index in [-0.39, 0.29) is 16.7 Å². The van der Waals surface area contributed by atoms with Gasteiger partial charge in [-0.1, -0.05) is 34.6 Å². The molecule has 0 aromatic heterocycles. The minimum absolute atomic E-state index is 0.0365. The maximum Gasteiger partial charge on any atom is 0.251 e. The number of rotatable bonds is 2. The number of ether oxygens (including phenoxy) is 1. The second kappa shape index (κ2) is 4.49. The lowest BCUT2D eigenvalue weighted by Crippen LogP contribution is -2.26. The van der Waals surface area contributed by atoms with E-state index in [2.05, 4.69) is 39.9 Å². The Morgan fingerprint density at radius 3 is 2.52 bits per heavy atom. The lowest BCUT2D eigenvalue weighted by atomic mass is 9.79. The van der Waals surface area contributed by atoms with Gasteiger partial charge in [-0.3, -0.25) is 4.79 Å². The van der Waals surface area contributed by atoms with E-state index >= 15 is 0 Å². The highest BCUT2D eigenvalue weighted by Crippen LogP contribution is 2.45. The molecule has 0 spiro atoms. The molecule has 0 radical (unpaired) electrons. The van der Waals surface area contributed by atoms with Crippen LogP contribution in [0.3, 0.4) is 0 Å². The molecule has 1 fully saturated rings. The van der Waals surface area contributed by atoms with E-state index in [1.54, 1.807) is 0 Å². The summed E-state index contributed by atoms with van der Waals surface area (Å²) in [5, 5.41) is 3.09. The van der Waals surface area contributed by atoms with Gasteiger partial charge in [0.1, 0.15) is 5.75 Å². The highest BCUT2D eigenvalue weighted by atomic mass is 16.5. The zero-order valence-electron chi connectivity index (χ0n) is 13.7. The molecular weight excluding hydrogens is 262 g/mol.